The van der Waals surface area contributed by atoms with Gasteiger partial charge >= 0.3 is 10.1 Å². The zero-order chi connectivity index (χ0) is 23.8. The number of rotatable bonds is 8. The van der Waals surface area contributed by atoms with E-state index in [2.05, 4.69) is 5.32 Å². The molecule has 0 fully saturated rings. The summed E-state index contributed by atoms with van der Waals surface area (Å²) >= 11 is 0. The highest BCUT2D eigenvalue weighted by atomic mass is 32.2. The zero-order valence-electron chi connectivity index (χ0n) is 18.1. The highest BCUT2D eigenvalue weighted by Crippen LogP contribution is 2.22. The SMILES string of the molecule is CCOc1cccc(NC(=O)/C(C#N)=C/c2cccc(OS(=O)(=O)c3ccc(C)cc3)c2)c1. The highest BCUT2D eigenvalue weighted by molar-refractivity contribution is 7.87. The second-order valence-electron chi connectivity index (χ2n) is 7.01. The summed E-state index contributed by atoms with van der Waals surface area (Å²) in [5.74, 6) is 0.0496. The molecule has 1 N–H and O–H groups in total. The van der Waals surface area contributed by atoms with Gasteiger partial charge in [0.25, 0.3) is 5.91 Å². The number of nitriles is 1. The maximum atomic E-state index is 12.6. The molecule has 0 spiro atoms. The lowest BCUT2D eigenvalue weighted by atomic mass is 10.1. The molecule has 7 nitrogen and oxygen atoms in total. The topological polar surface area (TPSA) is 105 Å². The molecule has 0 aliphatic heterocycles. The molecular formula is C25H22N2O5S. The van der Waals surface area contributed by atoms with Crippen LogP contribution in [0.25, 0.3) is 6.08 Å². The fourth-order valence-corrected chi connectivity index (χ4v) is 3.80. The number of anilines is 1. The van der Waals surface area contributed by atoms with Gasteiger partial charge in [0.1, 0.15) is 28.0 Å². The Balaban J connectivity index is 1.78. The number of benzene rings is 3. The van der Waals surface area contributed by atoms with Crippen molar-refractivity contribution in [2.75, 3.05) is 11.9 Å². The van der Waals surface area contributed by atoms with Gasteiger partial charge in [-0.25, -0.2) is 0 Å². The molecule has 3 rings (SSSR count). The van der Waals surface area contributed by atoms with E-state index in [-0.39, 0.29) is 16.2 Å². The van der Waals surface area contributed by atoms with Crippen LogP contribution in [0.5, 0.6) is 11.5 Å². The summed E-state index contributed by atoms with van der Waals surface area (Å²) in [6.45, 7) is 4.19. The summed E-state index contributed by atoms with van der Waals surface area (Å²) in [6.07, 6.45) is 1.35. The van der Waals surface area contributed by atoms with Gasteiger partial charge in [0.05, 0.1) is 6.61 Å². The lowest BCUT2D eigenvalue weighted by Gasteiger charge is -2.09. The van der Waals surface area contributed by atoms with Crippen molar-refractivity contribution in [3.63, 3.8) is 0 Å². The van der Waals surface area contributed by atoms with Crippen molar-refractivity contribution in [1.82, 2.24) is 0 Å². The number of carbonyl (C=O) groups is 1. The van der Waals surface area contributed by atoms with Crippen molar-refractivity contribution in [1.29, 1.82) is 5.26 Å². The first-order valence-corrected chi connectivity index (χ1v) is 11.5. The van der Waals surface area contributed by atoms with E-state index in [0.717, 1.165) is 5.56 Å². The van der Waals surface area contributed by atoms with E-state index in [4.69, 9.17) is 8.92 Å². The van der Waals surface area contributed by atoms with E-state index < -0.39 is 16.0 Å². The molecule has 3 aromatic carbocycles. The minimum atomic E-state index is -4.02. The Morgan fingerprint density at radius 3 is 2.42 bits per heavy atom. The largest absolute Gasteiger partial charge is 0.494 e. The predicted octanol–water partition coefficient (Wildman–Crippen LogP) is 4.71. The van der Waals surface area contributed by atoms with Gasteiger partial charge in [-0.3, -0.25) is 4.79 Å². The Labute approximate surface area is 193 Å². The number of carbonyl (C=O) groups excluding carboxylic acids is 1. The van der Waals surface area contributed by atoms with Crippen LogP contribution in [0.3, 0.4) is 0 Å². The maximum Gasteiger partial charge on any atom is 0.339 e. The van der Waals surface area contributed by atoms with Crippen molar-refractivity contribution in [2.24, 2.45) is 0 Å². The van der Waals surface area contributed by atoms with Crippen LogP contribution in [0.4, 0.5) is 5.69 Å². The Morgan fingerprint density at radius 1 is 1.03 bits per heavy atom. The van der Waals surface area contributed by atoms with Gasteiger partial charge in [-0.05, 0) is 61.9 Å². The van der Waals surface area contributed by atoms with E-state index >= 15 is 0 Å². The lowest BCUT2D eigenvalue weighted by Crippen LogP contribution is -2.13. The van der Waals surface area contributed by atoms with Crippen LogP contribution < -0.4 is 14.2 Å². The Kier molecular flexibility index (Phi) is 7.49. The molecule has 1 amide bonds. The maximum absolute atomic E-state index is 12.6. The molecule has 168 valence electrons. The number of amides is 1. The molecule has 0 radical (unpaired) electrons. The fourth-order valence-electron chi connectivity index (χ4n) is 2.88. The van der Waals surface area contributed by atoms with Gasteiger partial charge in [0, 0.05) is 11.8 Å². The first kappa shape index (κ1) is 23.6. The molecule has 0 unspecified atom stereocenters. The summed E-state index contributed by atoms with van der Waals surface area (Å²) in [5, 5.41) is 12.1. The van der Waals surface area contributed by atoms with E-state index in [0.29, 0.717) is 23.6 Å². The van der Waals surface area contributed by atoms with Crippen LogP contribution in [-0.4, -0.2) is 20.9 Å². The van der Waals surface area contributed by atoms with Crippen LogP contribution in [0.2, 0.25) is 0 Å². The second kappa shape index (κ2) is 10.5. The third-order valence-corrected chi connectivity index (χ3v) is 5.71. The molecule has 0 bridgehead atoms. The molecule has 0 heterocycles. The molecule has 0 atom stereocenters. The summed E-state index contributed by atoms with van der Waals surface area (Å²) in [6, 6.07) is 21.1. The molecule has 0 saturated carbocycles. The summed E-state index contributed by atoms with van der Waals surface area (Å²) in [4.78, 5) is 12.6. The number of hydrogen-bond donors (Lipinski definition) is 1. The lowest BCUT2D eigenvalue weighted by molar-refractivity contribution is -0.112. The van der Waals surface area contributed by atoms with Crippen LogP contribution in [0.15, 0.2) is 83.3 Å². The molecule has 3 aromatic rings. The molecule has 0 aromatic heterocycles. The standard InChI is InChI=1S/C25H22N2O5S/c1-3-31-22-8-5-7-21(16-22)27-25(28)20(17-26)14-19-6-4-9-23(15-19)32-33(29,30)24-12-10-18(2)11-13-24/h4-16H,3H2,1-2H3,(H,27,28)/b20-14+. The highest BCUT2D eigenvalue weighted by Gasteiger charge is 2.17. The first-order chi connectivity index (χ1) is 15.8. The van der Waals surface area contributed by atoms with Crippen molar-refractivity contribution in [3.8, 4) is 17.6 Å². The fraction of sp³-hybridized carbons (Fsp3) is 0.120. The van der Waals surface area contributed by atoms with Crippen LogP contribution in [0, 0.1) is 18.3 Å². The Hall–Kier alpha value is -4.09. The quantitative estimate of drug-likeness (QED) is 0.295. The summed E-state index contributed by atoms with van der Waals surface area (Å²) in [5.41, 5.74) is 1.68. The third kappa shape index (κ3) is 6.45. The molecule has 8 heteroatoms. The van der Waals surface area contributed by atoms with Crippen molar-refractivity contribution in [3.05, 3.63) is 89.5 Å². The minimum Gasteiger partial charge on any atom is -0.494 e. The molecule has 33 heavy (non-hydrogen) atoms. The van der Waals surface area contributed by atoms with Crippen molar-refractivity contribution >= 4 is 27.8 Å². The monoisotopic (exact) mass is 462 g/mol. The van der Waals surface area contributed by atoms with Gasteiger partial charge in [-0.1, -0.05) is 35.9 Å². The average Bonchev–Trinajstić information content (AvgIpc) is 2.78. The van der Waals surface area contributed by atoms with Gasteiger partial charge in [0.15, 0.2) is 0 Å². The third-order valence-electron chi connectivity index (χ3n) is 4.45. The predicted molar refractivity (Wildman–Crippen MR) is 125 cm³/mol. The average molecular weight is 463 g/mol. The Morgan fingerprint density at radius 2 is 1.73 bits per heavy atom. The van der Waals surface area contributed by atoms with Crippen LogP contribution in [-0.2, 0) is 14.9 Å². The zero-order valence-corrected chi connectivity index (χ0v) is 18.9. The minimum absolute atomic E-state index is 0.0282. The molecule has 0 saturated heterocycles. The molecule has 0 aliphatic carbocycles. The van der Waals surface area contributed by atoms with E-state index in [1.165, 1.54) is 30.3 Å². The van der Waals surface area contributed by atoms with Gasteiger partial charge in [-0.15, -0.1) is 0 Å². The van der Waals surface area contributed by atoms with Crippen LogP contribution >= 0.6 is 0 Å². The van der Waals surface area contributed by atoms with E-state index in [1.54, 1.807) is 48.5 Å². The normalized spacial score (nSPS) is 11.4. The van der Waals surface area contributed by atoms with Crippen LogP contribution in [0.1, 0.15) is 18.1 Å². The first-order valence-electron chi connectivity index (χ1n) is 10.1. The Bertz CT molecular complexity index is 1320. The number of ether oxygens (including phenoxy) is 1. The number of aryl methyl sites for hydroxylation is 1. The smallest absolute Gasteiger partial charge is 0.339 e. The van der Waals surface area contributed by atoms with E-state index in [9.17, 15) is 18.5 Å². The van der Waals surface area contributed by atoms with Gasteiger partial charge in [0.2, 0.25) is 0 Å². The number of hydrogen-bond acceptors (Lipinski definition) is 6. The number of nitrogens with zero attached hydrogens (tertiary/aromatic N) is 1. The molecular weight excluding hydrogens is 440 g/mol. The summed E-state index contributed by atoms with van der Waals surface area (Å²) in [7, 11) is -4.02. The second-order valence-corrected chi connectivity index (χ2v) is 8.55. The van der Waals surface area contributed by atoms with E-state index in [1.807, 2.05) is 19.9 Å². The van der Waals surface area contributed by atoms with Crippen molar-refractivity contribution in [2.45, 2.75) is 18.7 Å². The van der Waals surface area contributed by atoms with Crippen molar-refractivity contribution < 1.29 is 22.1 Å². The number of nitrogens with one attached hydrogen (secondary N) is 1. The summed E-state index contributed by atoms with van der Waals surface area (Å²) < 4.78 is 35.7. The molecule has 0 aliphatic rings. The van der Waals surface area contributed by atoms with Gasteiger partial charge in [-0.2, -0.15) is 13.7 Å². The van der Waals surface area contributed by atoms with Gasteiger partial charge < -0.3 is 14.2 Å².